The maximum atomic E-state index is 13.7. The van der Waals surface area contributed by atoms with Gasteiger partial charge in [0, 0.05) is 17.3 Å². The molecule has 3 amide bonds. The summed E-state index contributed by atoms with van der Waals surface area (Å²) in [6, 6.07) is 10.6. The van der Waals surface area contributed by atoms with Crippen molar-refractivity contribution in [1.82, 2.24) is 5.32 Å². The fraction of sp³-hybridized carbons (Fsp3) is 0.318. The molecule has 0 saturated carbocycles. The summed E-state index contributed by atoms with van der Waals surface area (Å²) in [5.41, 5.74) is 0.186. The van der Waals surface area contributed by atoms with Crippen LogP contribution in [0.4, 0.5) is 15.8 Å². The quantitative estimate of drug-likeness (QED) is 0.687. The van der Waals surface area contributed by atoms with Gasteiger partial charge in [0.2, 0.25) is 17.7 Å². The standard InChI is InChI=1S/C22H19ClFN3O3S/c1-31-9-8-16-17-18(22(26-16)12-4-2-3-5-15(12)25-21(22)30)20(29)27(19(17)28)11-6-7-14(24)13(23)10-11/h2-7,10,16-18,26H,8-9H2,1H3,(H,25,30)/t16-,17+,18-,22-/m0/s1. The molecule has 0 aromatic heterocycles. The number of halogens is 2. The summed E-state index contributed by atoms with van der Waals surface area (Å²) in [5, 5.41) is 6.07. The smallest absolute Gasteiger partial charge is 0.250 e. The SMILES string of the molecule is CSCC[C@@H]1N[C@]2(C(=O)Nc3ccccc32)[C@@H]2C(=O)N(c3ccc(F)c(Cl)c3)C(=O)[C@H]12. The average molecular weight is 460 g/mol. The molecule has 3 aliphatic heterocycles. The highest BCUT2D eigenvalue weighted by atomic mass is 35.5. The summed E-state index contributed by atoms with van der Waals surface area (Å²) in [4.78, 5) is 41.5. The molecule has 0 radical (unpaired) electrons. The lowest BCUT2D eigenvalue weighted by molar-refractivity contribution is -0.130. The Morgan fingerprint density at radius 2 is 1.94 bits per heavy atom. The van der Waals surface area contributed by atoms with Crippen molar-refractivity contribution in [3.05, 3.63) is 58.9 Å². The molecule has 1 spiro atoms. The van der Waals surface area contributed by atoms with Crippen LogP contribution in [0, 0.1) is 17.7 Å². The molecule has 2 aromatic carbocycles. The third kappa shape index (κ3) is 2.78. The number of hydrogen-bond acceptors (Lipinski definition) is 5. The van der Waals surface area contributed by atoms with E-state index >= 15 is 0 Å². The van der Waals surface area contributed by atoms with E-state index in [0.29, 0.717) is 17.7 Å². The predicted octanol–water partition coefficient (Wildman–Crippen LogP) is 3.16. The summed E-state index contributed by atoms with van der Waals surface area (Å²) in [6.07, 6.45) is 2.59. The van der Waals surface area contributed by atoms with E-state index in [9.17, 15) is 18.8 Å². The zero-order chi connectivity index (χ0) is 21.9. The zero-order valence-corrected chi connectivity index (χ0v) is 18.1. The topological polar surface area (TPSA) is 78.5 Å². The molecular formula is C22H19ClFN3O3S. The fourth-order valence-electron chi connectivity index (χ4n) is 5.13. The molecular weight excluding hydrogens is 441 g/mol. The second-order valence-electron chi connectivity index (χ2n) is 7.95. The molecule has 0 unspecified atom stereocenters. The van der Waals surface area contributed by atoms with E-state index in [2.05, 4.69) is 10.6 Å². The van der Waals surface area contributed by atoms with Crippen LogP contribution >= 0.6 is 23.4 Å². The third-order valence-electron chi connectivity index (χ3n) is 6.42. The van der Waals surface area contributed by atoms with Gasteiger partial charge < -0.3 is 5.32 Å². The summed E-state index contributed by atoms with van der Waals surface area (Å²) < 4.78 is 13.7. The van der Waals surface area contributed by atoms with Gasteiger partial charge in [-0.15, -0.1) is 0 Å². The number of carbonyl (C=O) groups is 3. The van der Waals surface area contributed by atoms with Crippen LogP contribution in [-0.4, -0.2) is 35.8 Å². The number of imide groups is 1. The second kappa shape index (κ2) is 7.32. The first-order valence-electron chi connectivity index (χ1n) is 9.90. The second-order valence-corrected chi connectivity index (χ2v) is 9.35. The van der Waals surface area contributed by atoms with Crippen LogP contribution in [-0.2, 0) is 19.9 Å². The molecule has 6 nitrogen and oxygen atoms in total. The number of amides is 3. The highest BCUT2D eigenvalue weighted by Crippen LogP contribution is 2.54. The molecule has 2 fully saturated rings. The van der Waals surface area contributed by atoms with Crippen LogP contribution in [0.25, 0.3) is 0 Å². The molecule has 0 aliphatic carbocycles. The van der Waals surface area contributed by atoms with Gasteiger partial charge in [0.25, 0.3) is 0 Å². The van der Waals surface area contributed by atoms with E-state index < -0.39 is 35.0 Å². The van der Waals surface area contributed by atoms with Crippen LogP contribution in [0.5, 0.6) is 0 Å². The minimum Gasteiger partial charge on any atom is -0.324 e. The van der Waals surface area contributed by atoms with Crippen LogP contribution in [0.1, 0.15) is 12.0 Å². The molecule has 31 heavy (non-hydrogen) atoms. The number of nitrogens with zero attached hydrogens (tertiary/aromatic N) is 1. The van der Waals surface area contributed by atoms with Gasteiger partial charge in [-0.2, -0.15) is 11.8 Å². The van der Waals surface area contributed by atoms with E-state index in [1.54, 1.807) is 17.8 Å². The van der Waals surface area contributed by atoms with Crippen molar-refractivity contribution >= 4 is 52.5 Å². The molecule has 4 atom stereocenters. The lowest BCUT2D eigenvalue weighted by Crippen LogP contribution is -2.53. The first kappa shape index (κ1) is 20.5. The summed E-state index contributed by atoms with van der Waals surface area (Å²) in [6.45, 7) is 0. The first-order valence-corrected chi connectivity index (χ1v) is 11.7. The Morgan fingerprint density at radius 1 is 1.16 bits per heavy atom. The van der Waals surface area contributed by atoms with E-state index in [0.717, 1.165) is 16.7 Å². The molecule has 3 heterocycles. The van der Waals surface area contributed by atoms with Crippen LogP contribution < -0.4 is 15.5 Å². The van der Waals surface area contributed by atoms with Crippen molar-refractivity contribution < 1.29 is 18.8 Å². The molecule has 9 heteroatoms. The Kier molecular flexibility index (Phi) is 4.84. The third-order valence-corrected chi connectivity index (χ3v) is 7.35. The Labute approximate surface area is 187 Å². The van der Waals surface area contributed by atoms with Crippen molar-refractivity contribution in [2.24, 2.45) is 11.8 Å². The summed E-state index contributed by atoms with van der Waals surface area (Å²) in [7, 11) is 0. The largest absolute Gasteiger partial charge is 0.324 e. The molecule has 160 valence electrons. The van der Waals surface area contributed by atoms with Crippen molar-refractivity contribution in [2.75, 3.05) is 22.2 Å². The van der Waals surface area contributed by atoms with Crippen molar-refractivity contribution in [3.63, 3.8) is 0 Å². The number of anilines is 2. The number of rotatable bonds is 4. The zero-order valence-electron chi connectivity index (χ0n) is 16.5. The highest BCUT2D eigenvalue weighted by molar-refractivity contribution is 7.98. The van der Waals surface area contributed by atoms with Gasteiger partial charge >= 0.3 is 0 Å². The molecule has 3 aliphatic rings. The average Bonchev–Trinajstić information content (AvgIpc) is 3.33. The summed E-state index contributed by atoms with van der Waals surface area (Å²) in [5.74, 6) is -2.70. The Morgan fingerprint density at radius 3 is 2.68 bits per heavy atom. The lowest BCUT2D eigenvalue weighted by atomic mass is 9.76. The molecule has 0 bridgehead atoms. The monoisotopic (exact) mass is 459 g/mol. The number of para-hydroxylation sites is 1. The van der Waals surface area contributed by atoms with Gasteiger partial charge in [-0.3, -0.25) is 19.7 Å². The van der Waals surface area contributed by atoms with E-state index in [1.165, 1.54) is 12.1 Å². The van der Waals surface area contributed by atoms with Crippen LogP contribution in [0.3, 0.4) is 0 Å². The van der Waals surface area contributed by atoms with Gasteiger partial charge in [-0.05, 0) is 42.7 Å². The normalized spacial score (nSPS) is 28.9. The van der Waals surface area contributed by atoms with E-state index in [4.69, 9.17) is 11.6 Å². The number of carbonyl (C=O) groups excluding carboxylic acids is 3. The number of nitrogens with one attached hydrogen (secondary N) is 2. The van der Waals surface area contributed by atoms with Gasteiger partial charge in [0.05, 0.1) is 22.5 Å². The van der Waals surface area contributed by atoms with Crippen molar-refractivity contribution in [2.45, 2.75) is 18.0 Å². The minimum atomic E-state index is -1.32. The summed E-state index contributed by atoms with van der Waals surface area (Å²) >= 11 is 7.55. The highest BCUT2D eigenvalue weighted by Gasteiger charge is 2.70. The van der Waals surface area contributed by atoms with Crippen LogP contribution in [0.2, 0.25) is 5.02 Å². The number of thioether (sulfide) groups is 1. The van der Waals surface area contributed by atoms with Crippen LogP contribution in [0.15, 0.2) is 42.5 Å². The minimum absolute atomic E-state index is 0.175. The Hall–Kier alpha value is -2.42. The first-order chi connectivity index (χ1) is 14.9. The van der Waals surface area contributed by atoms with Crippen molar-refractivity contribution in [3.8, 4) is 0 Å². The molecule has 2 N–H and O–H groups in total. The maximum Gasteiger partial charge on any atom is 0.250 e. The van der Waals surface area contributed by atoms with E-state index in [-0.39, 0.29) is 22.7 Å². The Balaban J connectivity index is 1.65. The molecule has 2 saturated heterocycles. The lowest BCUT2D eigenvalue weighted by Gasteiger charge is -2.29. The maximum absolute atomic E-state index is 13.7. The number of hydrogen-bond donors (Lipinski definition) is 2. The molecule has 2 aromatic rings. The number of fused-ring (bicyclic) bond motifs is 4. The molecule has 5 rings (SSSR count). The van der Waals surface area contributed by atoms with Gasteiger partial charge in [0.15, 0.2) is 0 Å². The number of benzene rings is 2. The van der Waals surface area contributed by atoms with Gasteiger partial charge in [-0.1, -0.05) is 29.8 Å². The van der Waals surface area contributed by atoms with E-state index in [1.807, 2.05) is 24.5 Å². The van der Waals surface area contributed by atoms with Gasteiger partial charge in [0.1, 0.15) is 11.4 Å². The Bertz CT molecular complexity index is 1130. The predicted molar refractivity (Wildman–Crippen MR) is 118 cm³/mol. The fourth-order valence-corrected chi connectivity index (χ4v) is 5.79. The van der Waals surface area contributed by atoms with Gasteiger partial charge in [-0.25, -0.2) is 9.29 Å². The van der Waals surface area contributed by atoms with Crippen molar-refractivity contribution in [1.29, 1.82) is 0 Å².